The molecule has 2 aromatic heterocycles. The van der Waals surface area contributed by atoms with Gasteiger partial charge in [-0.1, -0.05) is 32.1 Å². The van der Waals surface area contributed by atoms with Crippen LogP contribution in [0.2, 0.25) is 0 Å². The highest BCUT2D eigenvalue weighted by molar-refractivity contribution is 7.18. The molecule has 2 N–H and O–H groups in total. The van der Waals surface area contributed by atoms with Crippen molar-refractivity contribution in [1.82, 2.24) is 19.7 Å². The first-order chi connectivity index (χ1) is 6.98. The van der Waals surface area contributed by atoms with E-state index >= 15 is 0 Å². The zero-order valence-corrected chi connectivity index (χ0v) is 9.75. The van der Waals surface area contributed by atoms with Crippen LogP contribution < -0.4 is 5.73 Å². The fourth-order valence-electron chi connectivity index (χ4n) is 1.29. The van der Waals surface area contributed by atoms with E-state index in [1.54, 1.807) is 11.0 Å². The third-order valence-electron chi connectivity index (χ3n) is 1.96. The Morgan fingerprint density at radius 2 is 2.13 bits per heavy atom. The maximum Gasteiger partial charge on any atom is 0.182 e. The van der Waals surface area contributed by atoms with Crippen LogP contribution in [0.5, 0.6) is 0 Å². The number of hydrogen-bond acceptors (Lipinski definition) is 5. The number of nitrogens with two attached hydrogens (primary N) is 1. The molecule has 0 amide bonds. The molecule has 0 saturated heterocycles. The maximum absolute atomic E-state index is 5.73. The summed E-state index contributed by atoms with van der Waals surface area (Å²) in [5, 5.41) is 5.60. The molecule has 80 valence electrons. The number of hydrogen-bond donors (Lipinski definition) is 1. The molecule has 0 aliphatic carbocycles. The second-order valence-corrected chi connectivity index (χ2v) is 5.31. The molecule has 15 heavy (non-hydrogen) atoms. The Kier molecular flexibility index (Phi) is 2.22. The summed E-state index contributed by atoms with van der Waals surface area (Å²) in [5.41, 5.74) is 6.64. The van der Waals surface area contributed by atoms with Gasteiger partial charge in [0.15, 0.2) is 5.13 Å². The van der Waals surface area contributed by atoms with Crippen molar-refractivity contribution in [3.63, 3.8) is 0 Å². The standard InChI is InChI=1S/C9H13N5S/c1-9(2,3)6-7(15-8(10)13-6)14-5-11-4-12-14/h4-5H,1-3H3,(H2,10,13). The summed E-state index contributed by atoms with van der Waals surface area (Å²) in [6, 6.07) is 0. The van der Waals surface area contributed by atoms with Crippen molar-refractivity contribution in [3.8, 4) is 5.00 Å². The van der Waals surface area contributed by atoms with E-state index < -0.39 is 0 Å². The van der Waals surface area contributed by atoms with Crippen molar-refractivity contribution in [2.45, 2.75) is 26.2 Å². The highest BCUT2D eigenvalue weighted by Crippen LogP contribution is 2.32. The van der Waals surface area contributed by atoms with Gasteiger partial charge in [0.05, 0.1) is 5.69 Å². The minimum Gasteiger partial charge on any atom is -0.375 e. The van der Waals surface area contributed by atoms with Gasteiger partial charge in [0.25, 0.3) is 0 Å². The molecule has 0 saturated carbocycles. The van der Waals surface area contributed by atoms with Crippen LogP contribution in [-0.4, -0.2) is 19.7 Å². The van der Waals surface area contributed by atoms with Crippen molar-refractivity contribution in [3.05, 3.63) is 18.3 Å². The molecule has 6 heteroatoms. The summed E-state index contributed by atoms with van der Waals surface area (Å²) < 4.78 is 1.70. The van der Waals surface area contributed by atoms with Gasteiger partial charge in [-0.2, -0.15) is 5.10 Å². The van der Waals surface area contributed by atoms with Crippen LogP contribution in [0.3, 0.4) is 0 Å². The summed E-state index contributed by atoms with van der Waals surface area (Å²) in [5.74, 6) is 0. The molecule has 2 aromatic rings. The lowest BCUT2D eigenvalue weighted by Crippen LogP contribution is -2.15. The minimum atomic E-state index is -0.0462. The van der Waals surface area contributed by atoms with Crippen molar-refractivity contribution >= 4 is 16.5 Å². The maximum atomic E-state index is 5.73. The first-order valence-electron chi connectivity index (χ1n) is 4.60. The molecule has 5 nitrogen and oxygen atoms in total. The lowest BCUT2D eigenvalue weighted by molar-refractivity contribution is 0.568. The topological polar surface area (TPSA) is 69.6 Å². The zero-order chi connectivity index (χ0) is 11.1. The predicted molar refractivity (Wildman–Crippen MR) is 60.1 cm³/mol. The van der Waals surface area contributed by atoms with Gasteiger partial charge in [0, 0.05) is 5.41 Å². The largest absolute Gasteiger partial charge is 0.375 e. The first kappa shape index (κ1) is 10.1. The van der Waals surface area contributed by atoms with E-state index in [4.69, 9.17) is 5.73 Å². The number of rotatable bonds is 1. The lowest BCUT2D eigenvalue weighted by Gasteiger charge is -2.16. The van der Waals surface area contributed by atoms with Crippen LogP contribution in [0.4, 0.5) is 5.13 Å². The molecule has 0 radical (unpaired) electrons. The molecular weight excluding hydrogens is 210 g/mol. The summed E-state index contributed by atoms with van der Waals surface area (Å²) in [7, 11) is 0. The number of thiazole rings is 1. The summed E-state index contributed by atoms with van der Waals surface area (Å²) >= 11 is 1.43. The van der Waals surface area contributed by atoms with E-state index in [1.807, 2.05) is 0 Å². The fourth-order valence-corrected chi connectivity index (χ4v) is 2.26. The Hall–Kier alpha value is -1.43. The van der Waals surface area contributed by atoms with Gasteiger partial charge < -0.3 is 5.73 Å². The van der Waals surface area contributed by atoms with Gasteiger partial charge in [0.1, 0.15) is 17.7 Å². The molecule has 2 heterocycles. The number of nitrogens with zero attached hydrogens (tertiary/aromatic N) is 4. The summed E-state index contributed by atoms with van der Waals surface area (Å²) in [6.45, 7) is 6.30. The van der Waals surface area contributed by atoms with E-state index in [0.717, 1.165) is 10.7 Å². The molecule has 0 aromatic carbocycles. The fraction of sp³-hybridized carbons (Fsp3) is 0.444. The molecule has 0 spiro atoms. The summed E-state index contributed by atoms with van der Waals surface area (Å²) in [6.07, 6.45) is 3.16. The Bertz CT molecular complexity index is 451. The van der Waals surface area contributed by atoms with E-state index in [2.05, 4.69) is 35.8 Å². The second-order valence-electron chi connectivity index (χ2n) is 4.30. The van der Waals surface area contributed by atoms with E-state index in [0.29, 0.717) is 5.13 Å². The van der Waals surface area contributed by atoms with Crippen LogP contribution in [0.25, 0.3) is 5.00 Å². The van der Waals surface area contributed by atoms with Gasteiger partial charge in [-0.25, -0.2) is 14.6 Å². The lowest BCUT2D eigenvalue weighted by atomic mass is 9.92. The van der Waals surface area contributed by atoms with E-state index in [-0.39, 0.29) is 5.41 Å². The molecule has 0 bridgehead atoms. The highest BCUT2D eigenvalue weighted by Gasteiger charge is 2.24. The van der Waals surface area contributed by atoms with Gasteiger partial charge in [0.2, 0.25) is 0 Å². The third-order valence-corrected chi connectivity index (χ3v) is 2.84. The van der Waals surface area contributed by atoms with Crippen molar-refractivity contribution < 1.29 is 0 Å². The average Bonchev–Trinajstić information content (AvgIpc) is 2.68. The van der Waals surface area contributed by atoms with E-state index in [9.17, 15) is 0 Å². The van der Waals surface area contributed by atoms with Crippen LogP contribution in [0.15, 0.2) is 12.7 Å². The highest BCUT2D eigenvalue weighted by atomic mass is 32.1. The molecular formula is C9H13N5S. The van der Waals surface area contributed by atoms with Crippen molar-refractivity contribution in [2.24, 2.45) is 0 Å². The Morgan fingerprint density at radius 1 is 1.40 bits per heavy atom. The number of aromatic nitrogens is 4. The van der Waals surface area contributed by atoms with Gasteiger partial charge >= 0.3 is 0 Å². The average molecular weight is 223 g/mol. The predicted octanol–water partition coefficient (Wildman–Crippen LogP) is 1.60. The van der Waals surface area contributed by atoms with E-state index in [1.165, 1.54) is 17.7 Å². The Morgan fingerprint density at radius 3 is 2.67 bits per heavy atom. The van der Waals surface area contributed by atoms with Gasteiger partial charge in [-0.05, 0) is 0 Å². The van der Waals surface area contributed by atoms with Crippen LogP contribution >= 0.6 is 11.3 Å². The third kappa shape index (κ3) is 1.85. The quantitative estimate of drug-likeness (QED) is 0.797. The zero-order valence-electron chi connectivity index (χ0n) is 8.93. The van der Waals surface area contributed by atoms with Crippen molar-refractivity contribution in [2.75, 3.05) is 5.73 Å². The van der Waals surface area contributed by atoms with Crippen LogP contribution in [-0.2, 0) is 5.41 Å². The Labute approximate surface area is 92.0 Å². The molecule has 2 rings (SSSR count). The van der Waals surface area contributed by atoms with Gasteiger partial charge in [-0.3, -0.25) is 0 Å². The SMILES string of the molecule is CC(C)(C)c1nc(N)sc1-n1cncn1. The molecule has 0 aliphatic rings. The molecule has 0 fully saturated rings. The normalized spacial score (nSPS) is 11.9. The number of nitrogen functional groups attached to an aromatic ring is 1. The van der Waals surface area contributed by atoms with Crippen LogP contribution in [0, 0.1) is 0 Å². The second kappa shape index (κ2) is 3.30. The summed E-state index contributed by atoms with van der Waals surface area (Å²) in [4.78, 5) is 8.27. The van der Waals surface area contributed by atoms with Gasteiger partial charge in [-0.15, -0.1) is 0 Å². The first-order valence-corrected chi connectivity index (χ1v) is 5.42. The Balaban J connectivity index is 2.57. The molecule has 0 atom stereocenters. The molecule has 0 unspecified atom stereocenters. The van der Waals surface area contributed by atoms with Crippen LogP contribution in [0.1, 0.15) is 26.5 Å². The minimum absolute atomic E-state index is 0.0462. The molecule has 0 aliphatic heterocycles. The smallest absolute Gasteiger partial charge is 0.182 e. The monoisotopic (exact) mass is 223 g/mol. The number of anilines is 1. The van der Waals surface area contributed by atoms with Crippen molar-refractivity contribution in [1.29, 1.82) is 0 Å².